The van der Waals surface area contributed by atoms with Crippen molar-refractivity contribution >= 4 is 18.6 Å². The van der Waals surface area contributed by atoms with Gasteiger partial charge in [-0.1, -0.05) is 0 Å². The fourth-order valence-corrected chi connectivity index (χ4v) is 0.828. The molecule has 0 N–H and O–H groups in total. The molecule has 0 radical (unpaired) electrons. The minimum atomic E-state index is -6.38. The zero-order valence-corrected chi connectivity index (χ0v) is 10.0. The van der Waals surface area contributed by atoms with Gasteiger partial charge in [-0.05, 0) is 6.92 Å². The summed E-state index contributed by atoms with van der Waals surface area (Å²) in [5.41, 5.74) is 0. The molecule has 2 nitrogen and oxygen atoms in total. The van der Waals surface area contributed by atoms with Crippen LogP contribution in [0.1, 0.15) is 6.92 Å². The Bertz CT molecular complexity index is 331. The third-order valence-electron chi connectivity index (χ3n) is 1.89. The fourth-order valence-electron chi connectivity index (χ4n) is 0.754. The number of hydrogen-bond donors (Lipinski definition) is 1. The van der Waals surface area contributed by atoms with Gasteiger partial charge in [0.2, 0.25) is 0 Å². The monoisotopic (exact) mass is 320 g/mol. The molecule has 0 saturated carbocycles. The van der Waals surface area contributed by atoms with E-state index in [1.165, 1.54) is 0 Å². The minimum absolute atomic E-state index is 1.04. The van der Waals surface area contributed by atoms with Gasteiger partial charge in [-0.15, -0.1) is 0 Å². The van der Waals surface area contributed by atoms with Crippen LogP contribution >= 0.6 is 12.6 Å². The number of rotatable bonds is 6. The molecule has 1 atom stereocenters. The van der Waals surface area contributed by atoms with E-state index in [1.54, 1.807) is 0 Å². The molecular formula is C8H8F8O2S. The molecular weight excluding hydrogens is 312 g/mol. The van der Waals surface area contributed by atoms with Gasteiger partial charge in [0.05, 0.1) is 5.25 Å². The van der Waals surface area contributed by atoms with E-state index in [-0.39, 0.29) is 0 Å². The standard InChI is InChI=1S/C8H8F8O2S/c1-3(19)4(17)18-2-6(11,12)8(15,16)7(13,14)5(9)10/h3,5,19H,2H2,1H3. The number of ether oxygens (including phenoxy) is 1. The van der Waals surface area contributed by atoms with E-state index >= 15 is 0 Å². The highest BCUT2D eigenvalue weighted by atomic mass is 32.1. The molecule has 0 heterocycles. The highest BCUT2D eigenvalue weighted by Crippen LogP contribution is 2.48. The SMILES string of the molecule is CC(S)C(=O)OCC(F)(F)C(F)(F)C(F)(F)C(F)F. The Morgan fingerprint density at radius 2 is 1.58 bits per heavy atom. The maximum Gasteiger partial charge on any atom is 0.381 e. The Morgan fingerprint density at radius 3 is 1.89 bits per heavy atom. The Hall–Kier alpha value is -0.740. The molecule has 0 bridgehead atoms. The quantitative estimate of drug-likeness (QED) is 0.463. The number of carbonyl (C=O) groups excluding carboxylic acids is 1. The van der Waals surface area contributed by atoms with Crippen molar-refractivity contribution in [1.29, 1.82) is 0 Å². The Balaban J connectivity index is 5.03. The second-order valence-electron chi connectivity index (χ2n) is 3.49. The summed E-state index contributed by atoms with van der Waals surface area (Å²) in [7, 11) is 0. The lowest BCUT2D eigenvalue weighted by Gasteiger charge is -2.31. The molecule has 0 rings (SSSR count). The zero-order valence-electron chi connectivity index (χ0n) is 9.15. The van der Waals surface area contributed by atoms with Crippen LogP contribution < -0.4 is 0 Å². The van der Waals surface area contributed by atoms with Gasteiger partial charge < -0.3 is 4.74 Å². The molecule has 1 unspecified atom stereocenters. The number of esters is 1. The Labute approximate surface area is 107 Å². The maximum atomic E-state index is 12.8. The van der Waals surface area contributed by atoms with Crippen LogP contribution in [-0.4, -0.2) is 42.0 Å². The summed E-state index contributed by atoms with van der Waals surface area (Å²) in [4.78, 5) is 10.7. The molecule has 0 aliphatic carbocycles. The van der Waals surface area contributed by atoms with Crippen molar-refractivity contribution in [2.24, 2.45) is 0 Å². The molecule has 0 fully saturated rings. The predicted molar refractivity (Wildman–Crippen MR) is 50.3 cm³/mol. The van der Waals surface area contributed by atoms with E-state index in [1.807, 2.05) is 0 Å². The van der Waals surface area contributed by atoms with Gasteiger partial charge in [0.15, 0.2) is 6.61 Å². The molecule has 0 aromatic heterocycles. The lowest BCUT2D eigenvalue weighted by atomic mass is 10.1. The van der Waals surface area contributed by atoms with E-state index < -0.39 is 42.0 Å². The molecule has 0 aliphatic heterocycles. The average Bonchev–Trinajstić information content (AvgIpc) is 2.24. The fraction of sp³-hybridized carbons (Fsp3) is 0.875. The summed E-state index contributed by atoms with van der Waals surface area (Å²) in [6.07, 6.45) is -5.01. The Morgan fingerprint density at radius 1 is 1.16 bits per heavy atom. The van der Waals surface area contributed by atoms with E-state index in [4.69, 9.17) is 0 Å². The first-order valence-corrected chi connectivity index (χ1v) is 5.05. The number of halogens is 8. The van der Waals surface area contributed by atoms with E-state index in [2.05, 4.69) is 17.4 Å². The van der Waals surface area contributed by atoms with Crippen molar-refractivity contribution < 1.29 is 44.7 Å². The molecule has 0 aliphatic rings. The van der Waals surface area contributed by atoms with Crippen LogP contribution in [0, 0.1) is 0 Å². The van der Waals surface area contributed by atoms with E-state index in [0.717, 1.165) is 6.92 Å². The van der Waals surface area contributed by atoms with Gasteiger partial charge >= 0.3 is 30.2 Å². The van der Waals surface area contributed by atoms with Crippen LogP contribution in [-0.2, 0) is 9.53 Å². The molecule has 11 heteroatoms. The molecule has 0 spiro atoms. The second-order valence-corrected chi connectivity index (χ2v) is 4.26. The van der Waals surface area contributed by atoms with Gasteiger partial charge in [0.1, 0.15) is 0 Å². The van der Waals surface area contributed by atoms with Crippen LogP contribution in [0.25, 0.3) is 0 Å². The van der Waals surface area contributed by atoms with Gasteiger partial charge in [0.25, 0.3) is 0 Å². The van der Waals surface area contributed by atoms with Crippen molar-refractivity contribution in [3.8, 4) is 0 Å². The van der Waals surface area contributed by atoms with Gasteiger partial charge in [-0.25, -0.2) is 8.78 Å². The first-order chi connectivity index (χ1) is 8.27. The number of carbonyl (C=O) groups is 1. The molecule has 0 aromatic rings. The van der Waals surface area contributed by atoms with Crippen molar-refractivity contribution in [3.05, 3.63) is 0 Å². The van der Waals surface area contributed by atoms with E-state index in [0.29, 0.717) is 0 Å². The highest BCUT2D eigenvalue weighted by molar-refractivity contribution is 7.81. The van der Waals surface area contributed by atoms with Crippen LogP contribution in [0.5, 0.6) is 0 Å². The second kappa shape index (κ2) is 5.71. The third-order valence-corrected chi connectivity index (χ3v) is 2.10. The minimum Gasteiger partial charge on any atom is -0.458 e. The summed E-state index contributed by atoms with van der Waals surface area (Å²) in [6.45, 7) is -1.43. The van der Waals surface area contributed by atoms with Crippen molar-refractivity contribution in [2.45, 2.75) is 36.4 Å². The van der Waals surface area contributed by atoms with Gasteiger partial charge in [0, 0.05) is 0 Å². The first-order valence-electron chi connectivity index (χ1n) is 4.53. The van der Waals surface area contributed by atoms with Crippen LogP contribution in [0.3, 0.4) is 0 Å². The Kier molecular flexibility index (Phi) is 5.49. The maximum absolute atomic E-state index is 12.8. The highest BCUT2D eigenvalue weighted by Gasteiger charge is 2.75. The lowest BCUT2D eigenvalue weighted by molar-refractivity contribution is -0.344. The average molecular weight is 320 g/mol. The number of alkyl halides is 8. The van der Waals surface area contributed by atoms with Gasteiger partial charge in [-0.2, -0.15) is 39.0 Å². The van der Waals surface area contributed by atoms with Gasteiger partial charge in [-0.3, -0.25) is 4.79 Å². The first kappa shape index (κ1) is 18.3. The lowest BCUT2D eigenvalue weighted by Crippen LogP contribution is -2.59. The molecule has 114 valence electrons. The van der Waals surface area contributed by atoms with Crippen molar-refractivity contribution in [1.82, 2.24) is 0 Å². The summed E-state index contributed by atoms with van der Waals surface area (Å²) < 4.78 is 103. The summed E-state index contributed by atoms with van der Waals surface area (Å²) in [5.74, 6) is -19.8. The zero-order chi connectivity index (χ0) is 15.6. The summed E-state index contributed by atoms with van der Waals surface area (Å²) >= 11 is 3.41. The van der Waals surface area contributed by atoms with Crippen LogP contribution in [0.4, 0.5) is 35.1 Å². The van der Waals surface area contributed by atoms with E-state index in [9.17, 15) is 39.9 Å². The largest absolute Gasteiger partial charge is 0.458 e. The topological polar surface area (TPSA) is 26.3 Å². The van der Waals surface area contributed by atoms with Crippen molar-refractivity contribution in [2.75, 3.05) is 6.61 Å². The van der Waals surface area contributed by atoms with Crippen LogP contribution in [0.15, 0.2) is 0 Å². The normalized spacial score (nSPS) is 15.5. The number of hydrogen-bond acceptors (Lipinski definition) is 3. The molecule has 0 saturated heterocycles. The molecule has 0 amide bonds. The summed E-state index contributed by atoms with van der Waals surface area (Å²) in [5, 5.41) is -1.28. The third kappa shape index (κ3) is 3.63. The molecule has 19 heavy (non-hydrogen) atoms. The number of thiol groups is 1. The predicted octanol–water partition coefficient (Wildman–Crippen LogP) is 3.02. The molecule has 0 aromatic carbocycles. The van der Waals surface area contributed by atoms with Crippen LogP contribution in [0.2, 0.25) is 0 Å². The summed E-state index contributed by atoms with van der Waals surface area (Å²) in [6, 6.07) is 0. The smallest absolute Gasteiger partial charge is 0.381 e. The van der Waals surface area contributed by atoms with Crippen molar-refractivity contribution in [3.63, 3.8) is 0 Å².